The number of halogens is 1. The van der Waals surface area contributed by atoms with E-state index in [9.17, 15) is 0 Å². The molecule has 0 bridgehead atoms. The molecule has 0 radical (unpaired) electrons. The summed E-state index contributed by atoms with van der Waals surface area (Å²) in [5.74, 6) is 2.42. The summed E-state index contributed by atoms with van der Waals surface area (Å²) in [6.45, 7) is 6.20. The van der Waals surface area contributed by atoms with Crippen molar-refractivity contribution in [1.29, 1.82) is 0 Å². The molecule has 1 aromatic heterocycles. The molecular weight excluding hydrogens is 174 g/mol. The van der Waals surface area contributed by atoms with Crippen LogP contribution in [0.1, 0.15) is 44.0 Å². The second-order valence-electron chi connectivity index (χ2n) is 3.06. The largest absolute Gasteiger partial charge is 0.444 e. The second kappa shape index (κ2) is 3.94. The van der Waals surface area contributed by atoms with E-state index in [4.69, 9.17) is 16.0 Å². The molecule has 12 heavy (non-hydrogen) atoms. The Bertz CT molecular complexity index is 255. The normalized spacial score (nSPS) is 11.1. The molecule has 0 spiro atoms. The van der Waals surface area contributed by atoms with Crippen molar-refractivity contribution in [3.8, 4) is 0 Å². The van der Waals surface area contributed by atoms with Gasteiger partial charge in [-0.25, -0.2) is 4.98 Å². The van der Waals surface area contributed by atoms with Crippen LogP contribution in [0.5, 0.6) is 0 Å². The lowest BCUT2D eigenvalue weighted by molar-refractivity contribution is 0.471. The van der Waals surface area contributed by atoms with Crippen LogP contribution in [-0.4, -0.2) is 4.98 Å². The monoisotopic (exact) mass is 187 g/mol. The van der Waals surface area contributed by atoms with E-state index in [2.05, 4.69) is 18.8 Å². The highest BCUT2D eigenvalue weighted by atomic mass is 35.5. The van der Waals surface area contributed by atoms with E-state index in [-0.39, 0.29) is 0 Å². The number of nitrogens with zero attached hydrogens (tertiary/aromatic N) is 1. The van der Waals surface area contributed by atoms with E-state index in [0.717, 1.165) is 23.8 Å². The van der Waals surface area contributed by atoms with E-state index < -0.39 is 0 Å². The number of aryl methyl sites for hydroxylation is 1. The molecule has 2 nitrogen and oxygen atoms in total. The van der Waals surface area contributed by atoms with Crippen LogP contribution in [0.15, 0.2) is 4.42 Å². The highest BCUT2D eigenvalue weighted by Gasteiger charge is 2.13. The molecule has 0 atom stereocenters. The van der Waals surface area contributed by atoms with Crippen LogP contribution < -0.4 is 0 Å². The van der Waals surface area contributed by atoms with Gasteiger partial charge in [0.25, 0.3) is 0 Å². The van der Waals surface area contributed by atoms with E-state index >= 15 is 0 Å². The zero-order valence-corrected chi connectivity index (χ0v) is 8.48. The minimum Gasteiger partial charge on any atom is -0.444 e. The summed E-state index contributed by atoms with van der Waals surface area (Å²) in [6.07, 6.45) is 0.830. The molecule has 0 unspecified atom stereocenters. The number of hydrogen-bond donors (Lipinski definition) is 0. The number of rotatable bonds is 3. The summed E-state index contributed by atoms with van der Waals surface area (Å²) in [5, 5.41) is 0. The Morgan fingerprint density at radius 1 is 1.50 bits per heavy atom. The Morgan fingerprint density at radius 2 is 2.17 bits per heavy atom. The number of alkyl halides is 1. The second-order valence-corrected chi connectivity index (χ2v) is 3.33. The Balaban J connectivity index is 3.00. The lowest BCUT2D eigenvalue weighted by atomic mass is 10.1. The van der Waals surface area contributed by atoms with E-state index in [1.165, 1.54) is 0 Å². The summed E-state index contributed by atoms with van der Waals surface area (Å²) >= 11 is 5.71. The lowest BCUT2D eigenvalue weighted by Gasteiger charge is -1.99. The van der Waals surface area contributed by atoms with Gasteiger partial charge in [-0.1, -0.05) is 20.8 Å². The van der Waals surface area contributed by atoms with Gasteiger partial charge in [0.2, 0.25) is 0 Å². The van der Waals surface area contributed by atoms with Crippen molar-refractivity contribution in [3.05, 3.63) is 17.3 Å². The van der Waals surface area contributed by atoms with Crippen LogP contribution in [0.2, 0.25) is 0 Å². The molecule has 1 heterocycles. The SMILES string of the molecule is CCc1nc(C(C)C)c(CCl)o1. The Kier molecular flexibility index (Phi) is 3.15. The Labute approximate surface area is 77.9 Å². The molecule has 0 aliphatic rings. The molecule has 0 aromatic carbocycles. The van der Waals surface area contributed by atoms with Gasteiger partial charge in [-0.15, -0.1) is 11.6 Å². The lowest BCUT2D eigenvalue weighted by Crippen LogP contribution is -1.91. The number of hydrogen-bond acceptors (Lipinski definition) is 2. The van der Waals surface area contributed by atoms with Gasteiger partial charge >= 0.3 is 0 Å². The molecule has 68 valence electrons. The maximum atomic E-state index is 5.71. The van der Waals surface area contributed by atoms with Gasteiger partial charge in [0.1, 0.15) is 5.76 Å². The van der Waals surface area contributed by atoms with E-state index in [1.54, 1.807) is 0 Å². The zero-order valence-electron chi connectivity index (χ0n) is 7.72. The van der Waals surface area contributed by atoms with Crippen molar-refractivity contribution in [2.45, 2.75) is 39.0 Å². The highest BCUT2D eigenvalue weighted by molar-refractivity contribution is 6.16. The minimum atomic E-state index is 0.391. The first-order valence-corrected chi connectivity index (χ1v) is 4.76. The van der Waals surface area contributed by atoms with E-state index in [1.807, 2.05) is 6.92 Å². The van der Waals surface area contributed by atoms with Crippen molar-refractivity contribution in [2.75, 3.05) is 0 Å². The van der Waals surface area contributed by atoms with Crippen molar-refractivity contribution in [3.63, 3.8) is 0 Å². The van der Waals surface area contributed by atoms with Gasteiger partial charge in [0.05, 0.1) is 11.6 Å². The number of oxazole rings is 1. The maximum Gasteiger partial charge on any atom is 0.194 e. The van der Waals surface area contributed by atoms with Gasteiger partial charge < -0.3 is 4.42 Å². The molecule has 0 amide bonds. The summed E-state index contributed by atoms with van der Waals surface area (Å²) in [4.78, 5) is 4.35. The Morgan fingerprint density at radius 3 is 2.50 bits per heavy atom. The topological polar surface area (TPSA) is 26.0 Å². The summed E-state index contributed by atoms with van der Waals surface area (Å²) < 4.78 is 5.43. The van der Waals surface area contributed by atoms with Crippen LogP contribution in [0.25, 0.3) is 0 Å². The summed E-state index contributed by atoms with van der Waals surface area (Å²) in [7, 11) is 0. The standard InChI is InChI=1S/C9H14ClNO/c1-4-8-11-9(6(2)3)7(5-10)12-8/h6H,4-5H2,1-3H3. The van der Waals surface area contributed by atoms with Crippen LogP contribution in [0.4, 0.5) is 0 Å². The molecule has 1 aromatic rings. The third kappa shape index (κ3) is 1.81. The van der Waals surface area contributed by atoms with Crippen LogP contribution >= 0.6 is 11.6 Å². The molecular formula is C9H14ClNO. The van der Waals surface area contributed by atoms with Gasteiger partial charge in [-0.2, -0.15) is 0 Å². The van der Waals surface area contributed by atoms with Gasteiger partial charge in [0.15, 0.2) is 5.89 Å². The average molecular weight is 188 g/mol. The zero-order chi connectivity index (χ0) is 9.14. The van der Waals surface area contributed by atoms with Crippen molar-refractivity contribution >= 4 is 11.6 Å². The molecule has 0 N–H and O–H groups in total. The first kappa shape index (κ1) is 9.59. The fourth-order valence-electron chi connectivity index (χ4n) is 1.11. The van der Waals surface area contributed by atoms with Gasteiger partial charge in [-0.3, -0.25) is 0 Å². The van der Waals surface area contributed by atoms with Crippen LogP contribution in [0.3, 0.4) is 0 Å². The van der Waals surface area contributed by atoms with Gasteiger partial charge in [-0.05, 0) is 5.92 Å². The molecule has 1 rings (SSSR count). The quantitative estimate of drug-likeness (QED) is 0.680. The minimum absolute atomic E-state index is 0.391. The third-order valence-corrected chi connectivity index (χ3v) is 1.99. The molecule has 3 heteroatoms. The third-order valence-electron chi connectivity index (χ3n) is 1.74. The smallest absolute Gasteiger partial charge is 0.194 e. The highest BCUT2D eigenvalue weighted by Crippen LogP contribution is 2.21. The Hall–Kier alpha value is -0.500. The summed E-state index contributed by atoms with van der Waals surface area (Å²) in [5.41, 5.74) is 1.00. The first-order chi connectivity index (χ1) is 5.69. The molecule has 0 saturated heterocycles. The molecule has 0 aliphatic heterocycles. The van der Waals surface area contributed by atoms with Crippen LogP contribution in [-0.2, 0) is 12.3 Å². The summed E-state index contributed by atoms with van der Waals surface area (Å²) in [6, 6.07) is 0. The van der Waals surface area contributed by atoms with Crippen molar-refractivity contribution < 1.29 is 4.42 Å². The predicted octanol–water partition coefficient (Wildman–Crippen LogP) is 3.10. The maximum absolute atomic E-state index is 5.71. The first-order valence-electron chi connectivity index (χ1n) is 4.23. The van der Waals surface area contributed by atoms with Crippen molar-refractivity contribution in [1.82, 2.24) is 4.98 Å². The van der Waals surface area contributed by atoms with Crippen molar-refractivity contribution in [2.24, 2.45) is 0 Å². The molecule has 0 fully saturated rings. The average Bonchev–Trinajstić information content (AvgIpc) is 2.47. The fraction of sp³-hybridized carbons (Fsp3) is 0.667. The molecule has 0 aliphatic carbocycles. The fourth-order valence-corrected chi connectivity index (χ4v) is 1.30. The van der Waals surface area contributed by atoms with Gasteiger partial charge in [0, 0.05) is 6.42 Å². The van der Waals surface area contributed by atoms with Crippen LogP contribution in [0, 0.1) is 0 Å². The number of aromatic nitrogens is 1. The predicted molar refractivity (Wildman–Crippen MR) is 49.5 cm³/mol. The van der Waals surface area contributed by atoms with E-state index in [0.29, 0.717) is 11.8 Å². The molecule has 0 saturated carbocycles.